The van der Waals surface area contributed by atoms with E-state index in [0.29, 0.717) is 10.0 Å². The van der Waals surface area contributed by atoms with Gasteiger partial charge in [0.25, 0.3) is 0 Å². The minimum atomic E-state index is 0.677. The highest BCUT2D eigenvalue weighted by atomic mass is 35.5. The molecule has 2 N–H and O–H groups in total. The van der Waals surface area contributed by atoms with Crippen molar-refractivity contribution in [2.75, 3.05) is 10.6 Å². The fourth-order valence-corrected chi connectivity index (χ4v) is 4.89. The number of aromatic nitrogens is 3. The van der Waals surface area contributed by atoms with Crippen LogP contribution in [-0.2, 0) is 0 Å². The van der Waals surface area contributed by atoms with Crippen molar-refractivity contribution in [2.45, 2.75) is 0 Å². The fraction of sp³-hybridized carbons (Fsp3) is 0. The van der Waals surface area contributed by atoms with Gasteiger partial charge in [0.2, 0.25) is 0 Å². The van der Waals surface area contributed by atoms with E-state index in [9.17, 15) is 0 Å². The summed E-state index contributed by atoms with van der Waals surface area (Å²) >= 11 is 15.2. The lowest BCUT2D eigenvalue weighted by molar-refractivity contribution is 1.29. The third-order valence-corrected chi connectivity index (χ3v) is 6.48. The monoisotopic (exact) mass is 495 g/mol. The lowest BCUT2D eigenvalue weighted by Gasteiger charge is -2.03. The summed E-state index contributed by atoms with van der Waals surface area (Å²) in [5.74, 6) is 0. The number of benzene rings is 2. The number of hydrogen-bond donors (Lipinski definition) is 2. The second kappa shape index (κ2) is 9.26. The molecule has 9 heteroatoms. The summed E-state index contributed by atoms with van der Waals surface area (Å²) in [7, 11) is 0. The van der Waals surface area contributed by atoms with Gasteiger partial charge in [0.05, 0.1) is 11.4 Å². The highest BCUT2D eigenvalue weighted by Gasteiger charge is 2.10. The van der Waals surface area contributed by atoms with E-state index in [1.165, 1.54) is 22.7 Å². The standard InChI is InChI=1S/C23H15Cl2N5S2/c24-16-3-1-5-18(8-16)27-22-29-20(12-31-22)14-7-15(11-26-10-14)21-13-32-23(30-21)28-19-6-2-4-17(25)9-19/h1-13H,(H,27,29)(H,28,30). The summed E-state index contributed by atoms with van der Waals surface area (Å²) < 4.78 is 0. The molecule has 0 amide bonds. The highest BCUT2D eigenvalue weighted by Crippen LogP contribution is 2.32. The quantitative estimate of drug-likeness (QED) is 0.249. The molecule has 5 rings (SSSR count). The van der Waals surface area contributed by atoms with Crippen LogP contribution in [0.15, 0.2) is 77.8 Å². The molecule has 2 aromatic carbocycles. The molecule has 0 fully saturated rings. The van der Waals surface area contributed by atoms with E-state index < -0.39 is 0 Å². The van der Waals surface area contributed by atoms with Crippen molar-refractivity contribution in [3.63, 3.8) is 0 Å². The molecule has 0 unspecified atom stereocenters. The minimum Gasteiger partial charge on any atom is -0.331 e. The van der Waals surface area contributed by atoms with Crippen LogP contribution in [0.25, 0.3) is 22.5 Å². The molecule has 5 nitrogen and oxygen atoms in total. The van der Waals surface area contributed by atoms with Gasteiger partial charge in [-0.05, 0) is 42.5 Å². The van der Waals surface area contributed by atoms with Gasteiger partial charge in [-0.25, -0.2) is 9.97 Å². The molecular weight excluding hydrogens is 481 g/mol. The maximum atomic E-state index is 6.06. The molecule has 0 radical (unpaired) electrons. The Hall–Kier alpha value is -2.97. The summed E-state index contributed by atoms with van der Waals surface area (Å²) in [5.41, 5.74) is 5.34. The van der Waals surface area contributed by atoms with Crippen molar-refractivity contribution >= 4 is 67.5 Å². The zero-order valence-corrected chi connectivity index (χ0v) is 19.6. The van der Waals surface area contributed by atoms with Crippen LogP contribution in [0.4, 0.5) is 21.6 Å². The van der Waals surface area contributed by atoms with E-state index in [1.807, 2.05) is 65.4 Å². The fourth-order valence-electron chi connectivity index (χ4n) is 3.03. The summed E-state index contributed by atoms with van der Waals surface area (Å²) in [5, 5.41) is 13.5. The zero-order valence-electron chi connectivity index (χ0n) is 16.4. The Morgan fingerprint density at radius 3 is 1.62 bits per heavy atom. The SMILES string of the molecule is Clc1cccc(Nc2nc(-c3cncc(-c4csc(Nc5cccc(Cl)c5)n4)c3)cs2)c1. The summed E-state index contributed by atoms with van der Waals surface area (Å²) in [6.07, 6.45) is 3.61. The molecule has 158 valence electrons. The second-order valence-electron chi connectivity index (χ2n) is 6.81. The molecule has 0 bridgehead atoms. The first-order valence-corrected chi connectivity index (χ1v) is 12.1. The number of thiazole rings is 2. The average molecular weight is 496 g/mol. The first kappa shape index (κ1) is 20.9. The van der Waals surface area contributed by atoms with Crippen LogP contribution in [0.5, 0.6) is 0 Å². The lowest BCUT2D eigenvalue weighted by Crippen LogP contribution is -1.90. The van der Waals surface area contributed by atoms with Crippen molar-refractivity contribution in [3.05, 3.63) is 87.8 Å². The maximum Gasteiger partial charge on any atom is 0.187 e. The molecule has 0 aliphatic heterocycles. The highest BCUT2D eigenvalue weighted by molar-refractivity contribution is 7.14. The summed E-state index contributed by atoms with van der Waals surface area (Å²) in [6, 6.07) is 17.1. The molecule has 3 heterocycles. The van der Waals surface area contributed by atoms with Crippen LogP contribution in [0.2, 0.25) is 10.0 Å². The Morgan fingerprint density at radius 2 is 1.16 bits per heavy atom. The smallest absolute Gasteiger partial charge is 0.187 e. The normalized spacial score (nSPS) is 10.8. The number of rotatable bonds is 6. The predicted octanol–water partition coefficient (Wildman–Crippen LogP) is 8.12. The Bertz CT molecular complexity index is 1280. The summed E-state index contributed by atoms with van der Waals surface area (Å²) in [6.45, 7) is 0. The van der Waals surface area contributed by atoms with Gasteiger partial charge in [0.1, 0.15) is 0 Å². The number of nitrogens with one attached hydrogen (secondary N) is 2. The van der Waals surface area contributed by atoms with E-state index in [4.69, 9.17) is 33.2 Å². The van der Waals surface area contributed by atoms with Gasteiger partial charge in [-0.2, -0.15) is 0 Å². The average Bonchev–Trinajstić information content (AvgIpc) is 3.44. The molecule has 0 saturated heterocycles. The van der Waals surface area contributed by atoms with Gasteiger partial charge in [0.15, 0.2) is 10.3 Å². The van der Waals surface area contributed by atoms with Crippen LogP contribution < -0.4 is 10.6 Å². The van der Waals surface area contributed by atoms with Gasteiger partial charge in [-0.3, -0.25) is 4.98 Å². The van der Waals surface area contributed by atoms with Crippen molar-refractivity contribution in [1.29, 1.82) is 0 Å². The topological polar surface area (TPSA) is 62.7 Å². The van der Waals surface area contributed by atoms with E-state index in [2.05, 4.69) is 15.6 Å². The molecule has 5 aromatic rings. The van der Waals surface area contributed by atoms with Gasteiger partial charge < -0.3 is 10.6 Å². The first-order valence-electron chi connectivity index (χ1n) is 9.54. The number of hydrogen-bond acceptors (Lipinski definition) is 7. The third-order valence-electron chi connectivity index (χ3n) is 4.49. The van der Waals surface area contributed by atoms with Crippen LogP contribution in [0, 0.1) is 0 Å². The van der Waals surface area contributed by atoms with Gasteiger partial charge in [-0.1, -0.05) is 35.3 Å². The largest absolute Gasteiger partial charge is 0.331 e. The van der Waals surface area contributed by atoms with Crippen LogP contribution in [0.3, 0.4) is 0 Å². The van der Waals surface area contributed by atoms with Crippen molar-refractivity contribution < 1.29 is 0 Å². The zero-order chi connectivity index (χ0) is 21.9. The van der Waals surface area contributed by atoms with Crippen molar-refractivity contribution in [2.24, 2.45) is 0 Å². The van der Waals surface area contributed by atoms with Crippen LogP contribution in [0.1, 0.15) is 0 Å². The molecule has 3 aromatic heterocycles. The van der Waals surface area contributed by atoms with Crippen molar-refractivity contribution in [3.8, 4) is 22.5 Å². The lowest BCUT2D eigenvalue weighted by atomic mass is 10.1. The Balaban J connectivity index is 1.34. The maximum absolute atomic E-state index is 6.06. The van der Waals surface area contributed by atoms with Crippen LogP contribution in [-0.4, -0.2) is 15.0 Å². The number of nitrogens with zero attached hydrogens (tertiary/aromatic N) is 3. The van der Waals surface area contributed by atoms with Gasteiger partial charge in [0, 0.05) is 55.7 Å². The Kier molecular flexibility index (Phi) is 6.05. The Labute approximate surface area is 202 Å². The van der Waals surface area contributed by atoms with E-state index in [-0.39, 0.29) is 0 Å². The minimum absolute atomic E-state index is 0.677. The molecular formula is C23H15Cl2N5S2. The molecule has 32 heavy (non-hydrogen) atoms. The first-order chi connectivity index (χ1) is 15.6. The molecule has 0 atom stereocenters. The third kappa shape index (κ3) is 4.92. The van der Waals surface area contributed by atoms with Gasteiger partial charge >= 0.3 is 0 Å². The second-order valence-corrected chi connectivity index (χ2v) is 9.40. The van der Waals surface area contributed by atoms with Crippen LogP contribution >= 0.6 is 45.9 Å². The molecule has 0 aliphatic rings. The van der Waals surface area contributed by atoms with E-state index in [0.717, 1.165) is 44.2 Å². The number of halogens is 2. The van der Waals surface area contributed by atoms with E-state index >= 15 is 0 Å². The Morgan fingerprint density at radius 1 is 0.656 bits per heavy atom. The number of pyridine rings is 1. The van der Waals surface area contributed by atoms with E-state index in [1.54, 1.807) is 12.4 Å². The van der Waals surface area contributed by atoms with Gasteiger partial charge in [-0.15, -0.1) is 22.7 Å². The predicted molar refractivity (Wildman–Crippen MR) is 136 cm³/mol. The molecule has 0 saturated carbocycles. The van der Waals surface area contributed by atoms with Crippen molar-refractivity contribution in [1.82, 2.24) is 15.0 Å². The summed E-state index contributed by atoms with van der Waals surface area (Å²) in [4.78, 5) is 13.8. The molecule has 0 spiro atoms. The number of anilines is 4. The molecule has 0 aliphatic carbocycles.